The Morgan fingerprint density at radius 2 is 1.88 bits per heavy atom. The Kier molecular flexibility index (Phi) is 3.51. The monoisotopic (exact) mass is 220 g/mol. The highest BCUT2D eigenvalue weighted by Gasteiger charge is 2.20. The van der Waals surface area contributed by atoms with E-state index in [4.69, 9.17) is 4.74 Å². The summed E-state index contributed by atoms with van der Waals surface area (Å²) >= 11 is 0. The molecule has 0 radical (unpaired) electrons. The lowest BCUT2D eigenvalue weighted by molar-refractivity contribution is 0.411. The van der Waals surface area contributed by atoms with Crippen molar-refractivity contribution in [1.82, 2.24) is 0 Å². The molecule has 0 unspecified atom stereocenters. The molecule has 1 aromatic rings. The van der Waals surface area contributed by atoms with Gasteiger partial charge in [0, 0.05) is 0 Å². The van der Waals surface area contributed by atoms with Crippen LogP contribution in [0.1, 0.15) is 37.2 Å². The predicted octanol–water partition coefficient (Wildman–Crippen LogP) is 1.03. The molecule has 0 amide bonds. The van der Waals surface area contributed by atoms with Crippen LogP contribution in [0.5, 0.6) is 5.75 Å². The maximum Gasteiger partial charge on any atom is 0.488 e. The average molecular weight is 220 g/mol. The van der Waals surface area contributed by atoms with E-state index in [1.807, 2.05) is 12.1 Å². The van der Waals surface area contributed by atoms with E-state index in [9.17, 15) is 10.0 Å². The summed E-state index contributed by atoms with van der Waals surface area (Å²) in [6.45, 7) is 0. The van der Waals surface area contributed by atoms with E-state index >= 15 is 0 Å². The maximum absolute atomic E-state index is 9.21. The molecule has 4 heteroatoms. The van der Waals surface area contributed by atoms with Crippen molar-refractivity contribution in [2.24, 2.45) is 0 Å². The first kappa shape index (κ1) is 11.5. The first-order valence-corrected chi connectivity index (χ1v) is 5.75. The van der Waals surface area contributed by atoms with Gasteiger partial charge in [-0.2, -0.15) is 0 Å². The van der Waals surface area contributed by atoms with Gasteiger partial charge in [0.25, 0.3) is 0 Å². The average Bonchev–Trinajstić information content (AvgIpc) is 2.81. The molecule has 0 atom stereocenters. The number of rotatable bonds is 3. The van der Waals surface area contributed by atoms with Gasteiger partial charge in [-0.1, -0.05) is 18.9 Å². The number of methoxy groups -OCH3 is 1. The van der Waals surface area contributed by atoms with E-state index in [0.717, 1.165) is 0 Å². The van der Waals surface area contributed by atoms with Gasteiger partial charge in [-0.3, -0.25) is 0 Å². The van der Waals surface area contributed by atoms with Crippen molar-refractivity contribution in [2.45, 2.75) is 31.6 Å². The summed E-state index contributed by atoms with van der Waals surface area (Å²) in [5.74, 6) is 1.25. The third-order valence-electron chi connectivity index (χ3n) is 3.31. The maximum atomic E-state index is 9.21. The molecule has 0 bridgehead atoms. The highest BCUT2D eigenvalue weighted by molar-refractivity contribution is 6.58. The molecule has 0 aliphatic heterocycles. The second-order valence-electron chi connectivity index (χ2n) is 4.39. The number of benzene rings is 1. The van der Waals surface area contributed by atoms with Gasteiger partial charge in [0.2, 0.25) is 0 Å². The molecule has 1 aliphatic carbocycles. The van der Waals surface area contributed by atoms with Crippen molar-refractivity contribution in [3.8, 4) is 5.75 Å². The van der Waals surface area contributed by atoms with Crippen molar-refractivity contribution < 1.29 is 14.8 Å². The minimum atomic E-state index is -1.42. The molecule has 1 aliphatic rings. The highest BCUT2D eigenvalue weighted by atomic mass is 16.5. The smallest absolute Gasteiger partial charge is 0.488 e. The fraction of sp³-hybridized carbons (Fsp3) is 0.500. The zero-order chi connectivity index (χ0) is 11.5. The quantitative estimate of drug-likeness (QED) is 0.748. The molecule has 2 N–H and O–H groups in total. The lowest BCUT2D eigenvalue weighted by Crippen LogP contribution is -2.30. The van der Waals surface area contributed by atoms with E-state index in [-0.39, 0.29) is 0 Å². The van der Waals surface area contributed by atoms with Gasteiger partial charge >= 0.3 is 7.12 Å². The van der Waals surface area contributed by atoms with Crippen molar-refractivity contribution in [2.75, 3.05) is 7.11 Å². The molecular formula is C12H17BO3. The second-order valence-corrected chi connectivity index (χ2v) is 4.39. The van der Waals surface area contributed by atoms with Gasteiger partial charge in [0.05, 0.1) is 7.11 Å². The molecule has 1 aromatic carbocycles. The fourth-order valence-corrected chi connectivity index (χ4v) is 2.41. The molecule has 0 aromatic heterocycles. The van der Waals surface area contributed by atoms with E-state index in [1.54, 1.807) is 13.2 Å². The molecule has 2 rings (SSSR count). The van der Waals surface area contributed by atoms with Crippen LogP contribution >= 0.6 is 0 Å². The summed E-state index contributed by atoms with van der Waals surface area (Å²) in [6, 6.07) is 5.55. The predicted molar refractivity (Wildman–Crippen MR) is 64.0 cm³/mol. The van der Waals surface area contributed by atoms with Gasteiger partial charge in [0.1, 0.15) is 5.75 Å². The number of hydrogen-bond donors (Lipinski definition) is 2. The minimum Gasteiger partial charge on any atom is -0.497 e. The number of ether oxygens (including phenoxy) is 1. The summed E-state index contributed by atoms with van der Waals surface area (Å²) in [4.78, 5) is 0. The first-order valence-electron chi connectivity index (χ1n) is 5.75. The summed E-state index contributed by atoms with van der Waals surface area (Å²) in [7, 11) is 0.177. The van der Waals surface area contributed by atoms with Crippen LogP contribution in [0.25, 0.3) is 0 Å². The normalized spacial score (nSPS) is 16.4. The lowest BCUT2D eigenvalue weighted by Gasteiger charge is -2.13. The minimum absolute atomic E-state index is 0.515. The standard InChI is InChI=1S/C12H17BO3/c1-16-12-7-10(9-4-2-3-5-9)6-11(8-12)13(14)15/h6-9,14-15H,2-5H2,1H3. The van der Waals surface area contributed by atoms with Crippen molar-refractivity contribution in [3.63, 3.8) is 0 Å². The summed E-state index contributed by atoms with van der Waals surface area (Å²) < 4.78 is 5.18. The van der Waals surface area contributed by atoms with Gasteiger partial charge < -0.3 is 14.8 Å². The Balaban J connectivity index is 2.32. The lowest BCUT2D eigenvalue weighted by atomic mass is 9.78. The molecule has 16 heavy (non-hydrogen) atoms. The molecule has 0 saturated heterocycles. The number of hydrogen-bond acceptors (Lipinski definition) is 3. The third kappa shape index (κ3) is 2.39. The van der Waals surface area contributed by atoms with Gasteiger partial charge in [0.15, 0.2) is 0 Å². The fourth-order valence-electron chi connectivity index (χ4n) is 2.41. The Morgan fingerprint density at radius 3 is 2.44 bits per heavy atom. The summed E-state index contributed by atoms with van der Waals surface area (Å²) in [5.41, 5.74) is 1.68. The van der Waals surface area contributed by atoms with Crippen LogP contribution in [0.15, 0.2) is 18.2 Å². The van der Waals surface area contributed by atoms with Gasteiger partial charge in [-0.05, 0) is 41.9 Å². The van der Waals surface area contributed by atoms with Crippen LogP contribution in [-0.4, -0.2) is 24.3 Å². The van der Waals surface area contributed by atoms with Crippen LogP contribution < -0.4 is 10.2 Å². The Bertz CT molecular complexity index is 359. The molecule has 0 spiro atoms. The van der Waals surface area contributed by atoms with Gasteiger partial charge in [-0.25, -0.2) is 0 Å². The molecule has 0 heterocycles. The van der Waals surface area contributed by atoms with E-state index < -0.39 is 7.12 Å². The molecule has 86 valence electrons. The van der Waals surface area contributed by atoms with Crippen molar-refractivity contribution in [3.05, 3.63) is 23.8 Å². The third-order valence-corrected chi connectivity index (χ3v) is 3.31. The largest absolute Gasteiger partial charge is 0.497 e. The van der Waals surface area contributed by atoms with Crippen LogP contribution in [0.2, 0.25) is 0 Å². The van der Waals surface area contributed by atoms with Crippen LogP contribution in [0, 0.1) is 0 Å². The molecule has 3 nitrogen and oxygen atoms in total. The van der Waals surface area contributed by atoms with Crippen LogP contribution in [-0.2, 0) is 0 Å². The van der Waals surface area contributed by atoms with E-state index in [0.29, 0.717) is 17.1 Å². The van der Waals surface area contributed by atoms with Crippen molar-refractivity contribution >= 4 is 12.6 Å². The highest BCUT2D eigenvalue weighted by Crippen LogP contribution is 2.34. The Hall–Kier alpha value is -0.995. The van der Waals surface area contributed by atoms with Crippen molar-refractivity contribution in [1.29, 1.82) is 0 Å². The zero-order valence-corrected chi connectivity index (χ0v) is 9.52. The first-order chi connectivity index (χ1) is 7.70. The van der Waals surface area contributed by atoms with E-state index in [1.165, 1.54) is 31.2 Å². The summed E-state index contributed by atoms with van der Waals surface area (Å²) in [5, 5.41) is 18.4. The molecule has 1 saturated carbocycles. The van der Waals surface area contributed by atoms with E-state index in [2.05, 4.69) is 0 Å². The summed E-state index contributed by atoms with van der Waals surface area (Å²) in [6.07, 6.45) is 4.90. The Labute approximate surface area is 96.2 Å². The molecule has 1 fully saturated rings. The topological polar surface area (TPSA) is 49.7 Å². The van der Waals surface area contributed by atoms with Gasteiger partial charge in [-0.15, -0.1) is 0 Å². The zero-order valence-electron chi connectivity index (χ0n) is 9.52. The SMILES string of the molecule is COc1cc(B(O)O)cc(C2CCCC2)c1. The molecular weight excluding hydrogens is 203 g/mol. The van der Waals surface area contributed by atoms with Crippen LogP contribution in [0.4, 0.5) is 0 Å². The second kappa shape index (κ2) is 4.89. The Morgan fingerprint density at radius 1 is 1.19 bits per heavy atom. The van der Waals surface area contributed by atoms with Crippen LogP contribution in [0.3, 0.4) is 0 Å².